The summed E-state index contributed by atoms with van der Waals surface area (Å²) in [5.74, 6) is 0.329. The van der Waals surface area contributed by atoms with E-state index >= 15 is 0 Å². The topological polar surface area (TPSA) is 9.23 Å². The van der Waals surface area contributed by atoms with Gasteiger partial charge in [-0.05, 0) is 74.6 Å². The quantitative estimate of drug-likeness (QED) is 0.509. The molecule has 0 radical (unpaired) electrons. The van der Waals surface area contributed by atoms with Crippen LogP contribution in [0.2, 0.25) is 0 Å². The summed E-state index contributed by atoms with van der Waals surface area (Å²) in [6, 6.07) is 13.8. The maximum absolute atomic E-state index is 6.22. The minimum absolute atomic E-state index is 0.168. The van der Waals surface area contributed by atoms with Crippen molar-refractivity contribution in [3.63, 3.8) is 0 Å². The number of hydrogen-bond donors (Lipinski definition) is 0. The number of ether oxygens (including phenoxy) is 1. The van der Waals surface area contributed by atoms with Crippen molar-refractivity contribution in [2.45, 2.75) is 18.9 Å². The lowest BCUT2D eigenvalue weighted by molar-refractivity contribution is 0.0755. The first-order valence-electron chi connectivity index (χ1n) is 10.2. The van der Waals surface area contributed by atoms with Crippen LogP contribution in [0, 0.1) is 5.92 Å². The molecule has 5 aliphatic rings. The molecule has 0 N–H and O–H groups in total. The zero-order valence-corrected chi connectivity index (χ0v) is 15.6. The van der Waals surface area contributed by atoms with E-state index in [-0.39, 0.29) is 6.10 Å². The van der Waals surface area contributed by atoms with Crippen LogP contribution in [-0.4, -0.2) is 12.7 Å². The summed E-state index contributed by atoms with van der Waals surface area (Å²) in [7, 11) is 0. The van der Waals surface area contributed by atoms with Crippen molar-refractivity contribution in [2.75, 3.05) is 6.61 Å². The van der Waals surface area contributed by atoms with Gasteiger partial charge in [0, 0.05) is 5.92 Å². The molecule has 2 atom stereocenters. The molecular weight excluding hydrogens is 340 g/mol. The van der Waals surface area contributed by atoms with E-state index in [2.05, 4.69) is 72.9 Å². The highest BCUT2D eigenvalue weighted by Crippen LogP contribution is 2.52. The Bertz CT molecular complexity index is 1210. The monoisotopic (exact) mass is 360 g/mol. The van der Waals surface area contributed by atoms with Crippen LogP contribution in [0.15, 0.2) is 89.6 Å². The maximum Gasteiger partial charge on any atom is 0.0935 e. The summed E-state index contributed by atoms with van der Waals surface area (Å²) in [5.41, 5.74) is 14.5. The van der Waals surface area contributed by atoms with Crippen LogP contribution in [0.3, 0.4) is 0 Å². The summed E-state index contributed by atoms with van der Waals surface area (Å²) < 4.78 is 6.22. The molecule has 0 fully saturated rings. The molecule has 0 amide bonds. The molecule has 0 bridgehead atoms. The van der Waals surface area contributed by atoms with Gasteiger partial charge < -0.3 is 4.74 Å². The number of hydrogen-bond acceptors (Lipinski definition) is 1. The molecule has 134 valence electrons. The Morgan fingerprint density at radius 3 is 2.71 bits per heavy atom. The van der Waals surface area contributed by atoms with E-state index in [0.717, 1.165) is 19.4 Å². The smallest absolute Gasteiger partial charge is 0.0935 e. The van der Waals surface area contributed by atoms with E-state index in [1.165, 1.54) is 55.7 Å². The Balaban J connectivity index is 1.50. The summed E-state index contributed by atoms with van der Waals surface area (Å²) >= 11 is 0. The third kappa shape index (κ3) is 1.85. The second-order valence-electron chi connectivity index (χ2n) is 8.37. The lowest BCUT2D eigenvalue weighted by Crippen LogP contribution is -2.32. The van der Waals surface area contributed by atoms with Gasteiger partial charge in [0.1, 0.15) is 0 Å². The zero-order chi connectivity index (χ0) is 18.2. The van der Waals surface area contributed by atoms with Gasteiger partial charge in [-0.1, -0.05) is 66.8 Å². The predicted octanol–water partition coefficient (Wildman–Crippen LogP) is 5.57. The number of fused-ring (bicyclic) bond motifs is 9. The van der Waals surface area contributed by atoms with Crippen molar-refractivity contribution in [1.82, 2.24) is 0 Å². The van der Waals surface area contributed by atoms with E-state index in [1.807, 2.05) is 0 Å². The second-order valence-corrected chi connectivity index (χ2v) is 8.37. The highest BCUT2D eigenvalue weighted by atomic mass is 16.5. The number of benzene rings is 2. The number of allylic oxidation sites excluding steroid dienone is 5. The highest BCUT2D eigenvalue weighted by Gasteiger charge is 2.40. The maximum atomic E-state index is 6.22. The van der Waals surface area contributed by atoms with Crippen molar-refractivity contribution in [3.8, 4) is 11.1 Å². The molecule has 2 aromatic rings. The molecule has 0 saturated heterocycles. The minimum atomic E-state index is 0.168. The first-order valence-corrected chi connectivity index (χ1v) is 10.2. The second kappa shape index (κ2) is 5.33. The van der Waals surface area contributed by atoms with Crippen molar-refractivity contribution in [2.24, 2.45) is 5.92 Å². The van der Waals surface area contributed by atoms with Crippen LogP contribution < -0.4 is 0 Å². The van der Waals surface area contributed by atoms with E-state index < -0.39 is 0 Å². The van der Waals surface area contributed by atoms with Crippen molar-refractivity contribution >= 4 is 5.57 Å². The standard InChI is InChI=1S/C27H20O/c1-2-7-19-16(6-1)12-17-13-18-14-25-22-10-5-11-28-27(22)21-9-4-3-8-20(21)26(25)24(18)15-23(17)19/h1-10,13,15,21,27H,11-12,14H2. The molecule has 1 heterocycles. The molecule has 1 nitrogen and oxygen atoms in total. The van der Waals surface area contributed by atoms with Gasteiger partial charge in [0.05, 0.1) is 12.7 Å². The van der Waals surface area contributed by atoms with Gasteiger partial charge in [-0.25, -0.2) is 0 Å². The third-order valence-electron chi connectivity index (χ3n) is 6.96. The lowest BCUT2D eigenvalue weighted by atomic mass is 9.74. The van der Waals surface area contributed by atoms with Gasteiger partial charge in [-0.3, -0.25) is 0 Å². The van der Waals surface area contributed by atoms with E-state index in [0.29, 0.717) is 5.92 Å². The van der Waals surface area contributed by atoms with Crippen LogP contribution in [-0.2, 0) is 17.6 Å². The number of rotatable bonds is 0. The molecule has 28 heavy (non-hydrogen) atoms. The summed E-state index contributed by atoms with van der Waals surface area (Å²) in [6.07, 6.45) is 15.7. The first kappa shape index (κ1) is 15.1. The molecule has 1 aliphatic heterocycles. The molecule has 2 unspecified atom stereocenters. The Morgan fingerprint density at radius 2 is 1.71 bits per heavy atom. The van der Waals surface area contributed by atoms with Gasteiger partial charge >= 0.3 is 0 Å². The largest absolute Gasteiger partial charge is 0.368 e. The van der Waals surface area contributed by atoms with Crippen LogP contribution in [0.5, 0.6) is 0 Å². The summed E-state index contributed by atoms with van der Waals surface area (Å²) in [6.45, 7) is 0.718. The van der Waals surface area contributed by atoms with Crippen LogP contribution >= 0.6 is 0 Å². The fraction of sp³-hybridized carbons (Fsp3) is 0.185. The van der Waals surface area contributed by atoms with Gasteiger partial charge in [0.15, 0.2) is 0 Å². The molecular formula is C27H20O. The average Bonchev–Trinajstić information content (AvgIpc) is 3.30. The Hall–Kier alpha value is -2.90. The first-order chi connectivity index (χ1) is 13.9. The Kier molecular flexibility index (Phi) is 2.87. The fourth-order valence-electron chi connectivity index (χ4n) is 5.79. The van der Waals surface area contributed by atoms with Crippen molar-refractivity contribution < 1.29 is 4.74 Å². The van der Waals surface area contributed by atoms with Crippen molar-refractivity contribution in [3.05, 3.63) is 112 Å². The Labute approximate surface area is 165 Å². The van der Waals surface area contributed by atoms with E-state index in [9.17, 15) is 0 Å². The Morgan fingerprint density at radius 1 is 0.786 bits per heavy atom. The summed E-state index contributed by atoms with van der Waals surface area (Å²) in [5, 5.41) is 0. The molecule has 0 aromatic heterocycles. The highest BCUT2D eigenvalue weighted by molar-refractivity contribution is 5.95. The van der Waals surface area contributed by atoms with E-state index in [4.69, 9.17) is 4.74 Å². The van der Waals surface area contributed by atoms with Gasteiger partial charge in [-0.2, -0.15) is 0 Å². The zero-order valence-electron chi connectivity index (χ0n) is 15.6. The van der Waals surface area contributed by atoms with E-state index in [1.54, 1.807) is 0 Å². The summed E-state index contributed by atoms with van der Waals surface area (Å²) in [4.78, 5) is 0. The molecule has 0 saturated carbocycles. The SMILES string of the molecule is C1=CC2=C3C(=C4C=CCOC4C2C=C1)Cc1cc2c(cc13)-c1ccccc1C2. The third-order valence-corrected chi connectivity index (χ3v) is 6.96. The van der Waals surface area contributed by atoms with Crippen molar-refractivity contribution in [1.29, 1.82) is 0 Å². The van der Waals surface area contributed by atoms with Gasteiger partial charge in [0.25, 0.3) is 0 Å². The minimum Gasteiger partial charge on any atom is -0.368 e. The molecule has 4 aliphatic carbocycles. The molecule has 1 heteroatoms. The normalized spacial score (nSPS) is 25.3. The van der Waals surface area contributed by atoms with Crippen LogP contribution in [0.1, 0.15) is 22.3 Å². The van der Waals surface area contributed by atoms with Crippen LogP contribution in [0.4, 0.5) is 0 Å². The fourth-order valence-corrected chi connectivity index (χ4v) is 5.79. The van der Waals surface area contributed by atoms with Crippen LogP contribution in [0.25, 0.3) is 16.7 Å². The average molecular weight is 360 g/mol. The van der Waals surface area contributed by atoms with Gasteiger partial charge in [-0.15, -0.1) is 0 Å². The predicted molar refractivity (Wildman–Crippen MR) is 113 cm³/mol. The lowest BCUT2D eigenvalue weighted by Gasteiger charge is -2.36. The van der Waals surface area contributed by atoms with Gasteiger partial charge in [0.2, 0.25) is 0 Å². The molecule has 2 aromatic carbocycles. The molecule has 7 rings (SSSR count). The molecule has 0 spiro atoms.